The Labute approximate surface area is 198 Å². The van der Waals surface area contributed by atoms with Gasteiger partial charge in [0.25, 0.3) is 5.91 Å². The van der Waals surface area contributed by atoms with Gasteiger partial charge in [-0.25, -0.2) is 15.0 Å². The summed E-state index contributed by atoms with van der Waals surface area (Å²) in [6.07, 6.45) is 4.78. The zero-order valence-corrected chi connectivity index (χ0v) is 19.6. The molecule has 1 aromatic carbocycles. The molecule has 3 aromatic heterocycles. The maximum Gasteiger partial charge on any atom is 0.251 e. The number of hydrogen-bond acceptors (Lipinski definition) is 8. The van der Waals surface area contributed by atoms with Gasteiger partial charge in [-0.05, 0) is 46.3 Å². The molecule has 0 aliphatic rings. The van der Waals surface area contributed by atoms with Crippen molar-refractivity contribution in [3.05, 3.63) is 76.5 Å². The molecule has 4 aromatic rings. The van der Waals surface area contributed by atoms with E-state index in [0.29, 0.717) is 29.5 Å². The smallest absolute Gasteiger partial charge is 0.251 e. The van der Waals surface area contributed by atoms with Gasteiger partial charge in [0.05, 0.1) is 13.7 Å². The van der Waals surface area contributed by atoms with Gasteiger partial charge in [-0.3, -0.25) is 4.79 Å². The minimum absolute atomic E-state index is 0.203. The minimum atomic E-state index is -0.203. The van der Waals surface area contributed by atoms with E-state index in [2.05, 4.69) is 51.7 Å². The summed E-state index contributed by atoms with van der Waals surface area (Å²) in [7, 11) is 3.42. The van der Waals surface area contributed by atoms with Gasteiger partial charge in [-0.15, -0.1) is 10.2 Å². The van der Waals surface area contributed by atoms with Gasteiger partial charge in [0, 0.05) is 47.3 Å². The lowest BCUT2D eigenvalue weighted by Crippen LogP contribution is -2.23. The van der Waals surface area contributed by atoms with Crippen LogP contribution in [0.3, 0.4) is 0 Å². The van der Waals surface area contributed by atoms with E-state index in [0.717, 1.165) is 21.5 Å². The third-order valence-electron chi connectivity index (χ3n) is 4.88. The second kappa shape index (κ2) is 10.2. The molecule has 4 rings (SSSR count). The van der Waals surface area contributed by atoms with Crippen molar-refractivity contribution in [3.8, 4) is 17.4 Å². The highest BCUT2D eigenvalue weighted by Crippen LogP contribution is 2.20. The number of aromatic nitrogens is 6. The molecular weight excluding hydrogens is 488 g/mol. The van der Waals surface area contributed by atoms with Crippen molar-refractivity contribution < 1.29 is 9.53 Å². The summed E-state index contributed by atoms with van der Waals surface area (Å²) in [5, 5.41) is 14.6. The minimum Gasteiger partial charge on any atom is -0.481 e. The molecule has 2 N–H and O–H groups in total. The molecule has 33 heavy (non-hydrogen) atoms. The third kappa shape index (κ3) is 5.32. The molecule has 0 bridgehead atoms. The zero-order valence-electron chi connectivity index (χ0n) is 18.0. The molecule has 0 fully saturated rings. The first-order chi connectivity index (χ1) is 16.0. The number of carbonyl (C=O) groups excluding carboxylic acids is 1. The first kappa shape index (κ1) is 22.3. The fraction of sp³-hybridized carbons (Fsp3) is 0.182. The quantitative estimate of drug-likeness (QED) is 0.372. The van der Waals surface area contributed by atoms with Crippen molar-refractivity contribution in [2.75, 3.05) is 12.4 Å². The van der Waals surface area contributed by atoms with E-state index in [9.17, 15) is 4.79 Å². The Hall–Kier alpha value is -3.86. The Morgan fingerprint density at radius 1 is 1.15 bits per heavy atom. The summed E-state index contributed by atoms with van der Waals surface area (Å²) in [5.41, 5.74) is 2.79. The fourth-order valence-corrected chi connectivity index (χ4v) is 3.55. The number of methoxy groups -OCH3 is 1. The van der Waals surface area contributed by atoms with Gasteiger partial charge in [0.1, 0.15) is 12.0 Å². The van der Waals surface area contributed by atoms with Crippen molar-refractivity contribution >= 4 is 27.5 Å². The van der Waals surface area contributed by atoms with Gasteiger partial charge in [-0.2, -0.15) is 0 Å². The molecule has 0 aliphatic heterocycles. The van der Waals surface area contributed by atoms with E-state index in [1.54, 1.807) is 37.7 Å². The van der Waals surface area contributed by atoms with Crippen LogP contribution in [0.2, 0.25) is 0 Å². The van der Waals surface area contributed by atoms with E-state index in [1.807, 2.05) is 29.8 Å². The number of rotatable bonds is 8. The van der Waals surface area contributed by atoms with Crippen molar-refractivity contribution in [3.63, 3.8) is 0 Å². The van der Waals surface area contributed by atoms with Gasteiger partial charge in [0.15, 0.2) is 11.6 Å². The maximum absolute atomic E-state index is 12.7. The summed E-state index contributed by atoms with van der Waals surface area (Å²) in [5.74, 6) is 1.65. The van der Waals surface area contributed by atoms with Gasteiger partial charge in [-0.1, -0.05) is 6.07 Å². The molecule has 0 saturated heterocycles. The molecule has 0 aliphatic carbocycles. The second-order valence-electron chi connectivity index (χ2n) is 7.03. The largest absolute Gasteiger partial charge is 0.481 e. The van der Waals surface area contributed by atoms with Crippen LogP contribution in [0.4, 0.5) is 5.69 Å². The Bertz CT molecular complexity index is 1260. The van der Waals surface area contributed by atoms with Gasteiger partial charge >= 0.3 is 0 Å². The summed E-state index contributed by atoms with van der Waals surface area (Å²) in [6.45, 7) is 0.720. The summed E-state index contributed by atoms with van der Waals surface area (Å²) < 4.78 is 7.93. The summed E-state index contributed by atoms with van der Waals surface area (Å²) >= 11 is 3.39. The van der Waals surface area contributed by atoms with Crippen LogP contribution < -0.4 is 15.4 Å². The number of pyridine rings is 1. The molecule has 0 atom stereocenters. The van der Waals surface area contributed by atoms with Crippen molar-refractivity contribution in [1.82, 2.24) is 35.0 Å². The molecule has 3 heterocycles. The number of hydrogen-bond donors (Lipinski definition) is 2. The van der Waals surface area contributed by atoms with Crippen LogP contribution in [0.15, 0.2) is 59.6 Å². The molecule has 0 spiro atoms. The normalized spacial score (nSPS) is 10.6. The standard InChI is InChI=1S/C22H21BrN8O2/c1-31-19(29-30-20(31)18-6-7-24-13-28-18)12-25-17-5-3-4-14(9-17)21(32)26-10-15-8-16(23)11-27-22(15)33-2/h3-9,11,13,25H,10,12H2,1-2H3,(H,26,32). The Morgan fingerprint density at radius 2 is 2.03 bits per heavy atom. The lowest BCUT2D eigenvalue weighted by atomic mass is 10.1. The maximum atomic E-state index is 12.7. The summed E-state index contributed by atoms with van der Waals surface area (Å²) in [4.78, 5) is 25.0. The molecule has 0 unspecified atom stereocenters. The SMILES string of the molecule is COc1ncc(Br)cc1CNC(=O)c1cccc(NCc2nnc(-c3ccncn3)n2C)c1. The first-order valence-corrected chi connectivity index (χ1v) is 10.8. The van der Waals surface area contributed by atoms with E-state index in [4.69, 9.17) is 4.74 Å². The number of carbonyl (C=O) groups is 1. The van der Waals surface area contributed by atoms with E-state index < -0.39 is 0 Å². The fourth-order valence-electron chi connectivity index (χ4n) is 3.17. The lowest BCUT2D eigenvalue weighted by molar-refractivity contribution is 0.0950. The number of amides is 1. The van der Waals surface area contributed by atoms with Crippen molar-refractivity contribution in [2.45, 2.75) is 13.1 Å². The van der Waals surface area contributed by atoms with Gasteiger partial charge < -0.3 is 19.9 Å². The highest BCUT2D eigenvalue weighted by Gasteiger charge is 2.13. The molecule has 0 saturated carbocycles. The predicted octanol–water partition coefficient (Wildman–Crippen LogP) is 2.98. The van der Waals surface area contributed by atoms with Crippen LogP contribution >= 0.6 is 15.9 Å². The third-order valence-corrected chi connectivity index (χ3v) is 5.31. The van der Waals surface area contributed by atoms with E-state index in [1.165, 1.54) is 6.33 Å². The van der Waals surface area contributed by atoms with Crippen LogP contribution in [0.25, 0.3) is 11.5 Å². The first-order valence-electron chi connectivity index (χ1n) is 10.0. The van der Waals surface area contributed by atoms with Crippen LogP contribution in [0, 0.1) is 0 Å². The average molecular weight is 509 g/mol. The molecule has 11 heteroatoms. The lowest BCUT2D eigenvalue weighted by Gasteiger charge is -2.11. The molecular formula is C22H21BrN8O2. The Kier molecular flexibility index (Phi) is 6.89. The zero-order chi connectivity index (χ0) is 23.2. The summed E-state index contributed by atoms with van der Waals surface area (Å²) in [6, 6.07) is 10.9. The highest BCUT2D eigenvalue weighted by molar-refractivity contribution is 9.10. The Balaban J connectivity index is 1.40. The average Bonchev–Trinajstić information content (AvgIpc) is 3.22. The number of ether oxygens (including phenoxy) is 1. The number of nitrogens with one attached hydrogen (secondary N) is 2. The topological polar surface area (TPSA) is 120 Å². The van der Waals surface area contributed by atoms with Crippen LogP contribution in [-0.4, -0.2) is 42.7 Å². The number of nitrogens with zero attached hydrogens (tertiary/aromatic N) is 6. The van der Waals surface area contributed by atoms with Crippen LogP contribution in [0.5, 0.6) is 5.88 Å². The molecule has 168 valence electrons. The van der Waals surface area contributed by atoms with Crippen molar-refractivity contribution in [1.29, 1.82) is 0 Å². The highest BCUT2D eigenvalue weighted by atomic mass is 79.9. The predicted molar refractivity (Wildman–Crippen MR) is 125 cm³/mol. The Morgan fingerprint density at radius 3 is 2.82 bits per heavy atom. The number of anilines is 1. The number of benzene rings is 1. The van der Waals surface area contributed by atoms with Gasteiger partial charge in [0.2, 0.25) is 5.88 Å². The molecule has 0 radical (unpaired) electrons. The van der Waals surface area contributed by atoms with E-state index >= 15 is 0 Å². The molecule has 10 nitrogen and oxygen atoms in total. The van der Waals surface area contributed by atoms with Crippen LogP contribution in [-0.2, 0) is 20.1 Å². The number of halogens is 1. The molecule has 1 amide bonds. The van der Waals surface area contributed by atoms with Crippen LogP contribution in [0.1, 0.15) is 21.7 Å². The van der Waals surface area contributed by atoms with Crippen molar-refractivity contribution in [2.24, 2.45) is 7.05 Å². The van der Waals surface area contributed by atoms with E-state index in [-0.39, 0.29) is 12.5 Å². The monoisotopic (exact) mass is 508 g/mol. The second-order valence-corrected chi connectivity index (χ2v) is 7.95.